The molecule has 3 rings (SSSR count). The van der Waals surface area contributed by atoms with Crippen LogP contribution in [-0.4, -0.2) is 30.6 Å². The van der Waals surface area contributed by atoms with Crippen LogP contribution in [0.1, 0.15) is 49.3 Å². The van der Waals surface area contributed by atoms with Crippen LogP contribution in [0.2, 0.25) is 0 Å². The number of benzene rings is 1. The largest absolute Gasteiger partial charge is 0.380 e. The summed E-state index contributed by atoms with van der Waals surface area (Å²) in [5, 5.41) is 0. The highest BCUT2D eigenvalue weighted by Crippen LogP contribution is 2.38. The first-order valence-electron chi connectivity index (χ1n) is 7.88. The zero-order chi connectivity index (χ0) is 13.9. The van der Waals surface area contributed by atoms with Gasteiger partial charge in [0.2, 0.25) is 0 Å². The Morgan fingerprint density at radius 1 is 1.25 bits per heavy atom. The van der Waals surface area contributed by atoms with Gasteiger partial charge in [-0.05, 0) is 43.4 Å². The third-order valence-corrected chi connectivity index (χ3v) is 4.59. The van der Waals surface area contributed by atoms with Gasteiger partial charge in [0.05, 0.1) is 12.6 Å². The number of hydrogen-bond donors (Lipinski definition) is 1. The average Bonchev–Trinajstić information content (AvgIpc) is 3.26. The SMILES string of the molecule is COCc1cccc(C2C(N)CCCCN2C2CC2)c1. The van der Waals surface area contributed by atoms with Crippen molar-refractivity contribution in [3.63, 3.8) is 0 Å². The van der Waals surface area contributed by atoms with Gasteiger partial charge in [0.25, 0.3) is 0 Å². The second-order valence-corrected chi connectivity index (χ2v) is 6.25. The highest BCUT2D eigenvalue weighted by atomic mass is 16.5. The maximum Gasteiger partial charge on any atom is 0.0713 e. The minimum absolute atomic E-state index is 0.260. The van der Waals surface area contributed by atoms with E-state index in [1.165, 1.54) is 43.4 Å². The fourth-order valence-electron chi connectivity index (χ4n) is 3.51. The lowest BCUT2D eigenvalue weighted by Crippen LogP contribution is -2.41. The minimum Gasteiger partial charge on any atom is -0.380 e. The molecular formula is C17H26N2O. The van der Waals surface area contributed by atoms with Crippen molar-refractivity contribution >= 4 is 0 Å². The summed E-state index contributed by atoms with van der Waals surface area (Å²) in [6.45, 7) is 1.89. The number of rotatable bonds is 4. The number of likely N-dealkylation sites (tertiary alicyclic amines) is 1. The van der Waals surface area contributed by atoms with Gasteiger partial charge < -0.3 is 10.5 Å². The topological polar surface area (TPSA) is 38.5 Å². The Morgan fingerprint density at radius 3 is 2.85 bits per heavy atom. The highest BCUT2D eigenvalue weighted by molar-refractivity contribution is 5.27. The van der Waals surface area contributed by atoms with E-state index in [4.69, 9.17) is 10.5 Å². The van der Waals surface area contributed by atoms with Gasteiger partial charge in [-0.15, -0.1) is 0 Å². The van der Waals surface area contributed by atoms with Crippen molar-refractivity contribution in [2.45, 2.75) is 56.8 Å². The van der Waals surface area contributed by atoms with Gasteiger partial charge in [0, 0.05) is 19.2 Å². The van der Waals surface area contributed by atoms with Crippen molar-refractivity contribution in [3.05, 3.63) is 35.4 Å². The lowest BCUT2D eigenvalue weighted by molar-refractivity contribution is 0.173. The summed E-state index contributed by atoms with van der Waals surface area (Å²) in [6, 6.07) is 10.2. The third kappa shape index (κ3) is 3.05. The van der Waals surface area contributed by atoms with Crippen molar-refractivity contribution in [1.29, 1.82) is 0 Å². The fourth-order valence-corrected chi connectivity index (χ4v) is 3.51. The predicted octanol–water partition coefficient (Wildman–Crippen LogP) is 2.85. The molecule has 0 amide bonds. The van der Waals surface area contributed by atoms with Gasteiger partial charge >= 0.3 is 0 Å². The van der Waals surface area contributed by atoms with Crippen LogP contribution in [0.5, 0.6) is 0 Å². The summed E-state index contributed by atoms with van der Waals surface area (Å²) >= 11 is 0. The van der Waals surface area contributed by atoms with E-state index in [-0.39, 0.29) is 6.04 Å². The standard InChI is InChI=1S/C17H26N2O/c1-20-12-13-5-4-6-14(11-13)17-16(18)7-2-3-10-19(17)15-8-9-15/h4-6,11,15-17H,2-3,7-10,12,18H2,1H3. The van der Waals surface area contributed by atoms with E-state index in [0.717, 1.165) is 12.5 Å². The molecule has 2 atom stereocenters. The predicted molar refractivity (Wildman–Crippen MR) is 81.5 cm³/mol. The first-order chi connectivity index (χ1) is 9.79. The molecule has 1 saturated carbocycles. The molecule has 2 aliphatic rings. The first-order valence-corrected chi connectivity index (χ1v) is 7.88. The maximum atomic E-state index is 6.52. The van der Waals surface area contributed by atoms with Gasteiger partial charge in [0.15, 0.2) is 0 Å². The van der Waals surface area contributed by atoms with E-state index < -0.39 is 0 Å². The van der Waals surface area contributed by atoms with Gasteiger partial charge in [0.1, 0.15) is 0 Å². The zero-order valence-corrected chi connectivity index (χ0v) is 12.4. The minimum atomic E-state index is 0.260. The van der Waals surface area contributed by atoms with Crippen molar-refractivity contribution in [2.75, 3.05) is 13.7 Å². The van der Waals surface area contributed by atoms with Crippen molar-refractivity contribution in [1.82, 2.24) is 4.90 Å². The van der Waals surface area contributed by atoms with Crippen LogP contribution in [0.25, 0.3) is 0 Å². The van der Waals surface area contributed by atoms with Gasteiger partial charge in [-0.3, -0.25) is 4.90 Å². The van der Waals surface area contributed by atoms with E-state index in [9.17, 15) is 0 Å². The Bertz CT molecular complexity index is 444. The number of hydrogen-bond acceptors (Lipinski definition) is 3. The molecule has 20 heavy (non-hydrogen) atoms. The second kappa shape index (κ2) is 6.25. The van der Waals surface area contributed by atoms with Crippen LogP contribution >= 0.6 is 0 Å². The van der Waals surface area contributed by atoms with Crippen molar-refractivity contribution in [2.24, 2.45) is 5.73 Å². The van der Waals surface area contributed by atoms with Crippen LogP contribution in [0, 0.1) is 0 Å². The molecule has 1 aliphatic heterocycles. The number of methoxy groups -OCH3 is 1. The first kappa shape index (κ1) is 14.1. The third-order valence-electron chi connectivity index (χ3n) is 4.59. The highest BCUT2D eigenvalue weighted by Gasteiger charge is 2.38. The monoisotopic (exact) mass is 274 g/mol. The second-order valence-electron chi connectivity index (χ2n) is 6.25. The molecule has 3 heteroatoms. The normalized spacial score (nSPS) is 28.3. The Balaban J connectivity index is 1.88. The van der Waals surface area contributed by atoms with Crippen molar-refractivity contribution < 1.29 is 4.74 Å². The molecule has 1 aliphatic carbocycles. The Labute approximate surface area is 122 Å². The fraction of sp³-hybridized carbons (Fsp3) is 0.647. The number of nitrogens with two attached hydrogens (primary N) is 1. The molecule has 1 saturated heterocycles. The lowest BCUT2D eigenvalue weighted by atomic mass is 9.95. The lowest BCUT2D eigenvalue weighted by Gasteiger charge is -2.34. The summed E-state index contributed by atoms with van der Waals surface area (Å²) < 4.78 is 5.26. The molecule has 1 aromatic rings. The molecule has 0 aromatic heterocycles. The van der Waals surface area contributed by atoms with Gasteiger partial charge in [-0.25, -0.2) is 0 Å². The Kier molecular flexibility index (Phi) is 4.39. The van der Waals surface area contributed by atoms with Crippen molar-refractivity contribution in [3.8, 4) is 0 Å². The molecule has 1 aromatic carbocycles. The molecule has 2 N–H and O–H groups in total. The molecule has 110 valence electrons. The van der Waals surface area contributed by atoms with Crippen LogP contribution in [0.15, 0.2) is 24.3 Å². The molecule has 0 spiro atoms. The maximum absolute atomic E-state index is 6.52. The Morgan fingerprint density at radius 2 is 2.10 bits per heavy atom. The average molecular weight is 274 g/mol. The summed E-state index contributed by atoms with van der Waals surface area (Å²) in [6.07, 6.45) is 6.39. The summed E-state index contributed by atoms with van der Waals surface area (Å²) in [5.74, 6) is 0. The molecule has 0 bridgehead atoms. The smallest absolute Gasteiger partial charge is 0.0713 e. The van der Waals surface area contributed by atoms with E-state index in [1.807, 2.05) is 0 Å². The van der Waals surface area contributed by atoms with Crippen LogP contribution < -0.4 is 5.73 Å². The Hall–Kier alpha value is -0.900. The van der Waals surface area contributed by atoms with E-state index >= 15 is 0 Å². The summed E-state index contributed by atoms with van der Waals surface area (Å²) in [7, 11) is 1.75. The summed E-state index contributed by atoms with van der Waals surface area (Å²) in [5.41, 5.74) is 9.14. The quantitative estimate of drug-likeness (QED) is 0.917. The molecule has 0 radical (unpaired) electrons. The zero-order valence-electron chi connectivity index (χ0n) is 12.4. The molecule has 2 fully saturated rings. The molecule has 2 unspecified atom stereocenters. The van der Waals surface area contributed by atoms with E-state index in [2.05, 4.69) is 29.2 Å². The van der Waals surface area contributed by atoms with E-state index in [1.54, 1.807) is 7.11 Å². The van der Waals surface area contributed by atoms with Crippen LogP contribution in [-0.2, 0) is 11.3 Å². The molecular weight excluding hydrogens is 248 g/mol. The molecule has 1 heterocycles. The number of nitrogens with zero attached hydrogens (tertiary/aromatic N) is 1. The summed E-state index contributed by atoms with van der Waals surface area (Å²) in [4.78, 5) is 2.67. The van der Waals surface area contributed by atoms with Gasteiger partial charge in [-0.2, -0.15) is 0 Å². The van der Waals surface area contributed by atoms with Gasteiger partial charge in [-0.1, -0.05) is 30.7 Å². The van der Waals surface area contributed by atoms with E-state index in [0.29, 0.717) is 12.6 Å². The number of ether oxygens (including phenoxy) is 1. The van der Waals surface area contributed by atoms with Crippen LogP contribution in [0.4, 0.5) is 0 Å². The molecule has 3 nitrogen and oxygen atoms in total. The van der Waals surface area contributed by atoms with Crippen LogP contribution in [0.3, 0.4) is 0 Å².